The largest absolute Gasteiger partial charge is 0.349 e. The molecule has 1 aliphatic heterocycles. The number of aromatic nitrogens is 2. The van der Waals surface area contributed by atoms with Crippen molar-refractivity contribution in [1.82, 2.24) is 9.97 Å². The molecule has 152 valence electrons. The Bertz CT molecular complexity index is 995. The Morgan fingerprint density at radius 3 is 2.55 bits per heavy atom. The first-order chi connectivity index (χ1) is 13.6. The Kier molecular flexibility index (Phi) is 6.33. The van der Waals surface area contributed by atoms with E-state index < -0.39 is 6.67 Å². The van der Waals surface area contributed by atoms with Gasteiger partial charge in [0, 0.05) is 17.8 Å². The van der Waals surface area contributed by atoms with Crippen LogP contribution < -0.4 is 10.2 Å². The van der Waals surface area contributed by atoms with Gasteiger partial charge < -0.3 is 10.2 Å². The van der Waals surface area contributed by atoms with Crippen molar-refractivity contribution in [2.45, 2.75) is 33.0 Å². The molecule has 1 aliphatic rings. The second kappa shape index (κ2) is 8.74. The van der Waals surface area contributed by atoms with Crippen molar-refractivity contribution in [1.29, 1.82) is 0 Å². The second-order valence-corrected chi connectivity index (χ2v) is 7.02. The maximum Gasteiger partial charge on any atom is 0.229 e. The molecular weight excluding hydrogens is 394 g/mol. The topological polar surface area (TPSA) is 41.1 Å². The lowest BCUT2D eigenvalue weighted by atomic mass is 9.93. The van der Waals surface area contributed by atoms with Gasteiger partial charge in [-0.3, -0.25) is 0 Å². The van der Waals surface area contributed by atoms with Gasteiger partial charge in [0.2, 0.25) is 5.95 Å². The molecule has 0 fully saturated rings. The molecule has 2 aromatic carbocycles. The lowest BCUT2D eigenvalue weighted by Gasteiger charge is -2.37. The van der Waals surface area contributed by atoms with E-state index in [0.29, 0.717) is 28.7 Å². The van der Waals surface area contributed by atoms with Crippen LogP contribution in [0.1, 0.15) is 35.3 Å². The molecule has 0 spiro atoms. The number of nitrogens with zero attached hydrogens (tertiary/aromatic N) is 3. The summed E-state index contributed by atoms with van der Waals surface area (Å²) in [4.78, 5) is 11.2. The molecule has 4 nitrogen and oxygen atoms in total. The third-order valence-electron chi connectivity index (χ3n) is 5.29. The first kappa shape index (κ1) is 21.0. The SMILES string of the molecule is Cc1nc(Nc2ccc(F)cc2)nc(N2CCc3ccccc3C2C)c1CF.Cl. The molecule has 7 heteroatoms. The fraction of sp³-hybridized carbons (Fsp3) is 0.273. The van der Waals surface area contributed by atoms with Crippen LogP contribution in [0.25, 0.3) is 0 Å². The van der Waals surface area contributed by atoms with Crippen LogP contribution >= 0.6 is 12.4 Å². The van der Waals surface area contributed by atoms with E-state index in [1.165, 1.54) is 23.3 Å². The molecule has 0 aliphatic carbocycles. The Balaban J connectivity index is 0.00000240. The summed E-state index contributed by atoms with van der Waals surface area (Å²) in [5.41, 5.74) is 4.35. The number of hydrogen-bond acceptors (Lipinski definition) is 4. The maximum absolute atomic E-state index is 13.9. The van der Waals surface area contributed by atoms with Gasteiger partial charge >= 0.3 is 0 Å². The summed E-state index contributed by atoms with van der Waals surface area (Å²) in [7, 11) is 0. The molecule has 1 aromatic heterocycles. The monoisotopic (exact) mass is 416 g/mol. The molecule has 1 unspecified atom stereocenters. The number of halogens is 3. The van der Waals surface area contributed by atoms with Crippen LogP contribution in [0.2, 0.25) is 0 Å². The number of hydrogen-bond donors (Lipinski definition) is 1. The summed E-state index contributed by atoms with van der Waals surface area (Å²) in [6.45, 7) is 4.05. The molecule has 2 heterocycles. The van der Waals surface area contributed by atoms with E-state index >= 15 is 0 Å². The van der Waals surface area contributed by atoms with Crippen LogP contribution in [0.4, 0.5) is 26.2 Å². The van der Waals surface area contributed by atoms with Crippen LogP contribution in [-0.2, 0) is 13.1 Å². The van der Waals surface area contributed by atoms with Gasteiger partial charge in [0.05, 0.1) is 11.7 Å². The number of nitrogens with one attached hydrogen (secondary N) is 1. The highest BCUT2D eigenvalue weighted by Crippen LogP contribution is 2.35. The molecule has 1 atom stereocenters. The summed E-state index contributed by atoms with van der Waals surface area (Å²) in [6, 6.07) is 14.4. The average molecular weight is 417 g/mol. The van der Waals surface area contributed by atoms with Crippen LogP contribution in [0.3, 0.4) is 0 Å². The van der Waals surface area contributed by atoms with E-state index in [9.17, 15) is 8.78 Å². The highest BCUT2D eigenvalue weighted by molar-refractivity contribution is 5.85. The molecule has 1 N–H and O–H groups in total. The number of aryl methyl sites for hydroxylation is 1. The highest BCUT2D eigenvalue weighted by Gasteiger charge is 2.27. The maximum atomic E-state index is 13.9. The van der Waals surface area contributed by atoms with E-state index in [-0.39, 0.29) is 24.3 Å². The van der Waals surface area contributed by atoms with Crippen molar-refractivity contribution < 1.29 is 8.78 Å². The molecule has 0 saturated carbocycles. The van der Waals surface area contributed by atoms with Gasteiger partial charge in [-0.1, -0.05) is 24.3 Å². The fourth-order valence-corrected chi connectivity index (χ4v) is 3.75. The summed E-state index contributed by atoms with van der Waals surface area (Å²) < 4.78 is 27.0. The minimum atomic E-state index is -0.622. The standard InChI is InChI=1S/C22H22F2N4.ClH/c1-14-20(13-23)21(27-22(25-14)26-18-9-7-17(24)8-10-18)28-12-11-16-5-3-4-6-19(16)15(28)2;/h3-10,15H,11-13H2,1-2H3,(H,25,26,27);1H. The summed E-state index contributed by atoms with van der Waals surface area (Å²) >= 11 is 0. The zero-order valence-corrected chi connectivity index (χ0v) is 17.1. The number of anilines is 3. The fourth-order valence-electron chi connectivity index (χ4n) is 3.75. The molecule has 29 heavy (non-hydrogen) atoms. The summed E-state index contributed by atoms with van der Waals surface area (Å²) in [5.74, 6) is 0.681. The quantitative estimate of drug-likeness (QED) is 0.593. The number of rotatable bonds is 4. The van der Waals surface area contributed by atoms with E-state index in [1.807, 2.05) is 12.1 Å². The van der Waals surface area contributed by atoms with Crippen LogP contribution in [-0.4, -0.2) is 16.5 Å². The Morgan fingerprint density at radius 2 is 1.83 bits per heavy atom. The van der Waals surface area contributed by atoms with Gasteiger partial charge in [-0.15, -0.1) is 12.4 Å². The molecule has 0 bridgehead atoms. The predicted molar refractivity (Wildman–Crippen MR) is 114 cm³/mol. The Morgan fingerprint density at radius 1 is 1.10 bits per heavy atom. The van der Waals surface area contributed by atoms with Crippen molar-refractivity contribution in [2.24, 2.45) is 0 Å². The van der Waals surface area contributed by atoms with Gasteiger partial charge in [0.15, 0.2) is 0 Å². The van der Waals surface area contributed by atoms with Gasteiger partial charge in [-0.05, 0) is 55.7 Å². The predicted octanol–water partition coefficient (Wildman–Crippen LogP) is 5.68. The zero-order chi connectivity index (χ0) is 19.7. The first-order valence-electron chi connectivity index (χ1n) is 9.37. The summed E-state index contributed by atoms with van der Waals surface area (Å²) in [5, 5.41) is 3.10. The van der Waals surface area contributed by atoms with Crippen molar-refractivity contribution >= 4 is 29.9 Å². The molecule has 0 amide bonds. The van der Waals surface area contributed by atoms with Crippen LogP contribution in [0.15, 0.2) is 48.5 Å². The average Bonchev–Trinajstić information content (AvgIpc) is 2.70. The lowest BCUT2D eigenvalue weighted by Crippen LogP contribution is -2.35. The third kappa shape index (κ3) is 4.17. The van der Waals surface area contributed by atoms with Crippen LogP contribution in [0, 0.1) is 12.7 Å². The van der Waals surface area contributed by atoms with E-state index in [4.69, 9.17) is 0 Å². The molecular formula is C22H23ClF2N4. The van der Waals surface area contributed by atoms with E-state index in [2.05, 4.69) is 39.2 Å². The third-order valence-corrected chi connectivity index (χ3v) is 5.29. The van der Waals surface area contributed by atoms with E-state index in [0.717, 1.165) is 13.0 Å². The van der Waals surface area contributed by atoms with Gasteiger partial charge in [-0.2, -0.15) is 4.98 Å². The first-order valence-corrected chi connectivity index (χ1v) is 9.37. The van der Waals surface area contributed by atoms with Crippen molar-refractivity contribution in [3.8, 4) is 0 Å². The van der Waals surface area contributed by atoms with Crippen molar-refractivity contribution in [3.05, 3.63) is 76.7 Å². The zero-order valence-electron chi connectivity index (χ0n) is 16.3. The van der Waals surface area contributed by atoms with Gasteiger partial charge in [0.25, 0.3) is 0 Å². The lowest BCUT2D eigenvalue weighted by molar-refractivity contribution is 0.478. The Labute approximate surface area is 175 Å². The molecule has 0 radical (unpaired) electrons. The smallest absolute Gasteiger partial charge is 0.229 e. The van der Waals surface area contributed by atoms with Gasteiger partial charge in [-0.25, -0.2) is 13.8 Å². The summed E-state index contributed by atoms with van der Waals surface area (Å²) in [6.07, 6.45) is 0.885. The second-order valence-electron chi connectivity index (χ2n) is 7.02. The molecule has 0 saturated heterocycles. The minimum absolute atomic E-state index is 0. The van der Waals surface area contributed by atoms with E-state index in [1.54, 1.807) is 19.1 Å². The molecule has 3 aromatic rings. The van der Waals surface area contributed by atoms with Crippen molar-refractivity contribution in [3.63, 3.8) is 0 Å². The molecule has 4 rings (SSSR count). The highest BCUT2D eigenvalue weighted by atomic mass is 35.5. The Hall–Kier alpha value is -2.73. The van der Waals surface area contributed by atoms with Gasteiger partial charge in [0.1, 0.15) is 18.3 Å². The minimum Gasteiger partial charge on any atom is -0.349 e. The number of alkyl halides is 1. The normalized spacial score (nSPS) is 15.4. The van der Waals surface area contributed by atoms with Crippen molar-refractivity contribution in [2.75, 3.05) is 16.8 Å². The number of fused-ring (bicyclic) bond motifs is 1. The van der Waals surface area contributed by atoms with Crippen LogP contribution in [0.5, 0.6) is 0 Å². The number of benzene rings is 2.